The average molecular weight is 173 g/mol. The maximum absolute atomic E-state index is 12.7. The van der Waals surface area contributed by atoms with Crippen LogP contribution >= 0.6 is 11.6 Å². The van der Waals surface area contributed by atoms with Gasteiger partial charge in [0.05, 0.1) is 5.88 Å². The van der Waals surface area contributed by atoms with E-state index in [1.54, 1.807) is 0 Å². The van der Waals surface area contributed by atoms with E-state index in [0.29, 0.717) is 17.4 Å². The molecule has 0 amide bonds. The van der Waals surface area contributed by atoms with Crippen molar-refractivity contribution < 1.29 is 9.18 Å². The van der Waals surface area contributed by atoms with E-state index < -0.39 is 0 Å². The van der Waals surface area contributed by atoms with E-state index in [1.807, 2.05) is 0 Å². The quantitative estimate of drug-likeness (QED) is 0.495. The second kappa shape index (κ2) is 3.49. The zero-order valence-electron chi connectivity index (χ0n) is 5.68. The minimum Gasteiger partial charge on any atom is -0.298 e. The summed E-state index contributed by atoms with van der Waals surface area (Å²) < 4.78 is 12.7. The van der Waals surface area contributed by atoms with Crippen molar-refractivity contribution in [1.82, 2.24) is 0 Å². The van der Waals surface area contributed by atoms with Crippen molar-refractivity contribution in [2.45, 2.75) is 5.88 Å². The number of aldehydes is 1. The standard InChI is InChI=1S/C8H6ClFO/c9-4-7-3-6(5-11)1-2-8(7)10/h1-3,5H,4H2. The Morgan fingerprint density at radius 2 is 2.27 bits per heavy atom. The molecule has 1 rings (SSSR count). The van der Waals surface area contributed by atoms with E-state index in [0.717, 1.165) is 0 Å². The molecule has 0 aliphatic rings. The zero-order valence-corrected chi connectivity index (χ0v) is 6.44. The summed E-state index contributed by atoms with van der Waals surface area (Å²) in [4.78, 5) is 10.2. The van der Waals surface area contributed by atoms with Crippen molar-refractivity contribution >= 4 is 17.9 Å². The Bertz CT molecular complexity index is 273. The van der Waals surface area contributed by atoms with Crippen LogP contribution in [0, 0.1) is 5.82 Å². The van der Waals surface area contributed by atoms with E-state index in [9.17, 15) is 9.18 Å². The summed E-state index contributed by atoms with van der Waals surface area (Å²) in [5, 5.41) is 0. The number of halogens is 2. The SMILES string of the molecule is O=Cc1ccc(F)c(CCl)c1. The van der Waals surface area contributed by atoms with Crippen LogP contribution in [0.15, 0.2) is 18.2 Å². The van der Waals surface area contributed by atoms with E-state index in [-0.39, 0.29) is 11.7 Å². The molecule has 0 saturated carbocycles. The van der Waals surface area contributed by atoms with Crippen LogP contribution in [0.5, 0.6) is 0 Å². The molecule has 0 saturated heterocycles. The summed E-state index contributed by atoms with van der Waals surface area (Å²) in [6.45, 7) is 0. The van der Waals surface area contributed by atoms with E-state index in [1.165, 1.54) is 18.2 Å². The van der Waals surface area contributed by atoms with Gasteiger partial charge in [-0.3, -0.25) is 4.79 Å². The molecule has 1 nitrogen and oxygen atoms in total. The summed E-state index contributed by atoms with van der Waals surface area (Å²) in [6.07, 6.45) is 0.662. The maximum atomic E-state index is 12.7. The van der Waals surface area contributed by atoms with Gasteiger partial charge in [0.25, 0.3) is 0 Å². The lowest BCUT2D eigenvalue weighted by molar-refractivity contribution is 0.112. The molecule has 11 heavy (non-hydrogen) atoms. The number of carbonyl (C=O) groups is 1. The molecular weight excluding hydrogens is 167 g/mol. The molecule has 3 heteroatoms. The van der Waals surface area contributed by atoms with Gasteiger partial charge in [-0.2, -0.15) is 0 Å². The summed E-state index contributed by atoms with van der Waals surface area (Å²) in [5.41, 5.74) is 0.804. The summed E-state index contributed by atoms with van der Waals surface area (Å²) in [6, 6.07) is 4.09. The third-order valence-electron chi connectivity index (χ3n) is 1.35. The van der Waals surface area contributed by atoms with Crippen LogP contribution in [-0.4, -0.2) is 6.29 Å². The number of hydrogen-bond donors (Lipinski definition) is 0. The van der Waals surface area contributed by atoms with E-state index in [4.69, 9.17) is 11.6 Å². The normalized spacial score (nSPS) is 9.64. The molecule has 0 atom stereocenters. The van der Waals surface area contributed by atoms with Gasteiger partial charge in [0.15, 0.2) is 0 Å². The fraction of sp³-hybridized carbons (Fsp3) is 0.125. The molecule has 0 aliphatic carbocycles. The highest BCUT2D eigenvalue weighted by molar-refractivity contribution is 6.17. The molecule has 0 fully saturated rings. The minimum atomic E-state index is -0.370. The van der Waals surface area contributed by atoms with E-state index in [2.05, 4.69) is 0 Å². The van der Waals surface area contributed by atoms with Gasteiger partial charge in [-0.15, -0.1) is 11.6 Å². The second-order valence-electron chi connectivity index (χ2n) is 2.10. The summed E-state index contributed by atoms with van der Waals surface area (Å²) >= 11 is 5.41. The van der Waals surface area contributed by atoms with Crippen molar-refractivity contribution in [3.63, 3.8) is 0 Å². The Morgan fingerprint density at radius 3 is 2.82 bits per heavy atom. The number of benzene rings is 1. The first-order valence-electron chi connectivity index (χ1n) is 3.07. The monoisotopic (exact) mass is 172 g/mol. The van der Waals surface area contributed by atoms with Gasteiger partial charge < -0.3 is 0 Å². The fourth-order valence-corrected chi connectivity index (χ4v) is 0.975. The predicted octanol–water partition coefficient (Wildman–Crippen LogP) is 2.38. The van der Waals surface area contributed by atoms with Crippen molar-refractivity contribution in [1.29, 1.82) is 0 Å². The molecule has 0 unspecified atom stereocenters. The maximum Gasteiger partial charge on any atom is 0.150 e. The Kier molecular flexibility index (Phi) is 2.60. The van der Waals surface area contributed by atoms with Gasteiger partial charge >= 0.3 is 0 Å². The average Bonchev–Trinajstić information content (AvgIpc) is 2.05. The highest BCUT2D eigenvalue weighted by Crippen LogP contribution is 2.11. The van der Waals surface area contributed by atoms with Crippen molar-refractivity contribution in [3.05, 3.63) is 35.1 Å². The summed E-state index contributed by atoms with van der Waals surface area (Å²) in [7, 11) is 0. The summed E-state index contributed by atoms with van der Waals surface area (Å²) in [5.74, 6) is -0.279. The second-order valence-corrected chi connectivity index (χ2v) is 2.37. The first-order chi connectivity index (χ1) is 5.27. The van der Waals surface area contributed by atoms with Crippen LogP contribution in [0.4, 0.5) is 4.39 Å². The molecule has 58 valence electrons. The minimum absolute atomic E-state index is 0.0908. The van der Waals surface area contributed by atoms with Crippen LogP contribution in [0.25, 0.3) is 0 Å². The number of rotatable bonds is 2. The molecule has 0 aromatic heterocycles. The smallest absolute Gasteiger partial charge is 0.150 e. The largest absolute Gasteiger partial charge is 0.298 e. The molecule has 0 aliphatic heterocycles. The highest BCUT2D eigenvalue weighted by atomic mass is 35.5. The topological polar surface area (TPSA) is 17.1 Å². The third-order valence-corrected chi connectivity index (χ3v) is 1.64. The Balaban J connectivity index is 3.12. The van der Waals surface area contributed by atoms with E-state index >= 15 is 0 Å². The van der Waals surface area contributed by atoms with Crippen LogP contribution in [0.2, 0.25) is 0 Å². The molecule has 0 heterocycles. The Hall–Kier alpha value is -0.890. The van der Waals surface area contributed by atoms with Crippen LogP contribution in [0.3, 0.4) is 0 Å². The zero-order chi connectivity index (χ0) is 8.27. The fourth-order valence-electron chi connectivity index (χ4n) is 0.770. The molecular formula is C8H6ClFO. The van der Waals surface area contributed by atoms with Gasteiger partial charge in [-0.05, 0) is 18.2 Å². The highest BCUT2D eigenvalue weighted by Gasteiger charge is 2.00. The lowest BCUT2D eigenvalue weighted by atomic mass is 10.1. The van der Waals surface area contributed by atoms with Crippen molar-refractivity contribution in [2.75, 3.05) is 0 Å². The molecule has 0 bridgehead atoms. The lowest BCUT2D eigenvalue weighted by Gasteiger charge is -1.97. The van der Waals surface area contributed by atoms with Crippen LogP contribution in [0.1, 0.15) is 15.9 Å². The number of alkyl halides is 1. The molecule has 0 radical (unpaired) electrons. The van der Waals surface area contributed by atoms with Crippen molar-refractivity contribution in [3.8, 4) is 0 Å². The number of carbonyl (C=O) groups excluding carboxylic acids is 1. The molecule has 0 spiro atoms. The number of hydrogen-bond acceptors (Lipinski definition) is 1. The Labute approximate surface area is 68.8 Å². The first-order valence-corrected chi connectivity index (χ1v) is 3.61. The predicted molar refractivity (Wildman–Crippen MR) is 41.3 cm³/mol. The van der Waals surface area contributed by atoms with Gasteiger partial charge in [0.2, 0.25) is 0 Å². The molecule has 1 aromatic rings. The van der Waals surface area contributed by atoms with Gasteiger partial charge in [-0.25, -0.2) is 4.39 Å². The Morgan fingerprint density at radius 1 is 1.55 bits per heavy atom. The lowest BCUT2D eigenvalue weighted by Crippen LogP contribution is -1.88. The first kappa shape index (κ1) is 8.21. The third kappa shape index (κ3) is 1.77. The molecule has 1 aromatic carbocycles. The van der Waals surface area contributed by atoms with Crippen LogP contribution < -0.4 is 0 Å². The van der Waals surface area contributed by atoms with Gasteiger partial charge in [-0.1, -0.05) is 0 Å². The molecule has 0 N–H and O–H groups in total. The van der Waals surface area contributed by atoms with Gasteiger partial charge in [0.1, 0.15) is 12.1 Å². The van der Waals surface area contributed by atoms with Gasteiger partial charge in [0, 0.05) is 11.1 Å². The van der Waals surface area contributed by atoms with Crippen LogP contribution in [-0.2, 0) is 5.88 Å². The van der Waals surface area contributed by atoms with Crippen molar-refractivity contribution in [2.24, 2.45) is 0 Å².